The third-order valence-electron chi connectivity index (χ3n) is 7.25. The lowest BCUT2D eigenvalue weighted by atomic mass is 9.99. The first-order valence-corrected chi connectivity index (χ1v) is 15.6. The Morgan fingerprint density at radius 2 is 1.45 bits per heavy atom. The Bertz CT molecular complexity index is 686. The number of aliphatic hydroxyl groups excluding tert-OH is 5. The fraction of sp³-hybridized carbons (Fsp3) is 0.839. The molecular formula is C31H57NO8. The molecule has 1 heterocycles. The summed E-state index contributed by atoms with van der Waals surface area (Å²) < 4.78 is 11.0. The molecule has 0 spiro atoms. The van der Waals surface area contributed by atoms with Crippen molar-refractivity contribution in [2.75, 3.05) is 13.2 Å². The average molecular weight is 572 g/mol. The van der Waals surface area contributed by atoms with Crippen molar-refractivity contribution < 1.29 is 39.8 Å². The van der Waals surface area contributed by atoms with Crippen molar-refractivity contribution in [1.82, 2.24) is 5.32 Å². The number of carbonyl (C=O) groups is 1. The third-order valence-corrected chi connectivity index (χ3v) is 7.25. The van der Waals surface area contributed by atoms with E-state index in [1.165, 1.54) is 38.5 Å². The molecule has 1 aliphatic heterocycles. The molecule has 1 aliphatic rings. The van der Waals surface area contributed by atoms with Crippen molar-refractivity contribution >= 4 is 5.91 Å². The van der Waals surface area contributed by atoms with Gasteiger partial charge in [0.25, 0.3) is 0 Å². The van der Waals surface area contributed by atoms with Gasteiger partial charge in [0.05, 0.1) is 25.4 Å². The molecule has 1 fully saturated rings. The van der Waals surface area contributed by atoms with Crippen LogP contribution in [0.2, 0.25) is 0 Å². The highest BCUT2D eigenvalue weighted by Gasteiger charge is 2.44. The molecule has 40 heavy (non-hydrogen) atoms. The van der Waals surface area contributed by atoms with Crippen LogP contribution in [0.5, 0.6) is 0 Å². The number of nitrogens with one attached hydrogen (secondary N) is 1. The van der Waals surface area contributed by atoms with Crippen LogP contribution in [-0.2, 0) is 14.3 Å². The predicted octanol–water partition coefficient (Wildman–Crippen LogP) is 3.65. The standard InChI is InChI=1S/C31H57NO8/c1-3-5-7-8-9-10-11-12-13-14-15-16-17-19-21-27(35)32-24(25(34)20-18-6-4-2)23-39-31-30(38)29(37)28(36)26(22-33)40-31/h11-12,18,20,24-26,28-31,33-34,36-38H,3-10,13-17,19,21-23H2,1-2H3,(H,32,35)/b12-11-,20-18+. The van der Waals surface area contributed by atoms with Crippen LogP contribution in [0.15, 0.2) is 24.3 Å². The van der Waals surface area contributed by atoms with Crippen molar-refractivity contribution in [3.8, 4) is 0 Å². The van der Waals surface area contributed by atoms with E-state index < -0.39 is 49.5 Å². The number of carbonyl (C=O) groups excluding carboxylic acids is 1. The van der Waals surface area contributed by atoms with E-state index in [4.69, 9.17) is 9.47 Å². The zero-order chi connectivity index (χ0) is 29.6. The van der Waals surface area contributed by atoms with Gasteiger partial charge < -0.3 is 40.3 Å². The zero-order valence-electron chi connectivity index (χ0n) is 24.8. The molecule has 7 unspecified atom stereocenters. The largest absolute Gasteiger partial charge is 0.394 e. The van der Waals surface area contributed by atoms with Gasteiger partial charge in [-0.15, -0.1) is 0 Å². The van der Waals surface area contributed by atoms with Gasteiger partial charge in [0.2, 0.25) is 5.91 Å². The first kappa shape index (κ1) is 36.7. The van der Waals surface area contributed by atoms with Gasteiger partial charge in [0.1, 0.15) is 24.4 Å². The molecule has 6 N–H and O–H groups in total. The first-order valence-electron chi connectivity index (χ1n) is 15.6. The number of hydrogen-bond acceptors (Lipinski definition) is 8. The molecule has 0 aromatic heterocycles. The van der Waals surface area contributed by atoms with E-state index in [0.717, 1.165) is 51.4 Å². The van der Waals surface area contributed by atoms with Crippen LogP contribution in [0.1, 0.15) is 110 Å². The van der Waals surface area contributed by atoms with E-state index in [9.17, 15) is 30.3 Å². The number of allylic oxidation sites excluding steroid dienone is 3. The fourth-order valence-corrected chi connectivity index (χ4v) is 4.62. The Morgan fingerprint density at radius 3 is 2.08 bits per heavy atom. The SMILES string of the molecule is CCC/C=C/C(O)C(COC1OC(CO)C(O)C(O)C1O)NC(=O)CCCCCCC/C=C\CCCCCCC. The topological polar surface area (TPSA) is 149 Å². The Morgan fingerprint density at radius 1 is 0.825 bits per heavy atom. The molecule has 0 aromatic carbocycles. The van der Waals surface area contributed by atoms with Crippen LogP contribution in [0, 0.1) is 0 Å². The van der Waals surface area contributed by atoms with E-state index in [1.54, 1.807) is 6.08 Å². The van der Waals surface area contributed by atoms with Gasteiger partial charge in [-0.05, 0) is 38.5 Å². The van der Waals surface area contributed by atoms with Crippen LogP contribution < -0.4 is 5.32 Å². The highest BCUT2D eigenvalue weighted by molar-refractivity contribution is 5.76. The van der Waals surface area contributed by atoms with Gasteiger partial charge in [-0.25, -0.2) is 0 Å². The molecule has 234 valence electrons. The van der Waals surface area contributed by atoms with E-state index in [0.29, 0.717) is 6.42 Å². The van der Waals surface area contributed by atoms with Crippen molar-refractivity contribution in [1.29, 1.82) is 0 Å². The quantitative estimate of drug-likeness (QED) is 0.0804. The first-order chi connectivity index (χ1) is 19.3. The molecule has 0 saturated carbocycles. The summed E-state index contributed by atoms with van der Waals surface area (Å²) in [7, 11) is 0. The van der Waals surface area contributed by atoms with Crippen LogP contribution in [0.4, 0.5) is 0 Å². The second kappa shape index (κ2) is 23.3. The molecule has 9 heteroatoms. The second-order valence-electron chi connectivity index (χ2n) is 10.9. The lowest BCUT2D eigenvalue weighted by molar-refractivity contribution is -0.302. The lowest BCUT2D eigenvalue weighted by Gasteiger charge is -2.40. The van der Waals surface area contributed by atoms with E-state index >= 15 is 0 Å². The summed E-state index contributed by atoms with van der Waals surface area (Å²) in [6.45, 7) is 3.49. The molecule has 0 radical (unpaired) electrons. The Labute approximate surface area is 241 Å². The summed E-state index contributed by atoms with van der Waals surface area (Å²) in [6, 6.07) is -0.800. The molecule has 0 aromatic rings. The minimum absolute atomic E-state index is 0.196. The van der Waals surface area contributed by atoms with Gasteiger partial charge in [0.15, 0.2) is 6.29 Å². The lowest BCUT2D eigenvalue weighted by Crippen LogP contribution is -2.60. The maximum atomic E-state index is 12.6. The molecule has 1 rings (SSSR count). The van der Waals surface area contributed by atoms with Gasteiger partial charge >= 0.3 is 0 Å². The smallest absolute Gasteiger partial charge is 0.220 e. The van der Waals surface area contributed by atoms with Crippen LogP contribution in [-0.4, -0.2) is 87.5 Å². The zero-order valence-corrected chi connectivity index (χ0v) is 24.8. The van der Waals surface area contributed by atoms with Crippen molar-refractivity contribution in [2.45, 2.75) is 153 Å². The summed E-state index contributed by atoms with van der Waals surface area (Å²) in [6.07, 6.45) is 15.9. The Hall–Kier alpha value is -1.33. The maximum absolute atomic E-state index is 12.6. The molecule has 9 nitrogen and oxygen atoms in total. The number of aliphatic hydroxyl groups is 5. The van der Waals surface area contributed by atoms with E-state index in [2.05, 4.69) is 24.4 Å². The van der Waals surface area contributed by atoms with Crippen molar-refractivity contribution in [3.05, 3.63) is 24.3 Å². The minimum Gasteiger partial charge on any atom is -0.394 e. The molecule has 0 aliphatic carbocycles. The number of ether oxygens (including phenoxy) is 2. The summed E-state index contributed by atoms with van der Waals surface area (Å²) in [5, 5.41) is 53.0. The highest BCUT2D eigenvalue weighted by Crippen LogP contribution is 2.22. The van der Waals surface area contributed by atoms with Gasteiger partial charge in [-0.3, -0.25) is 4.79 Å². The Kier molecular flexibility index (Phi) is 21.3. The van der Waals surface area contributed by atoms with Crippen LogP contribution >= 0.6 is 0 Å². The maximum Gasteiger partial charge on any atom is 0.220 e. The minimum atomic E-state index is -1.56. The summed E-state index contributed by atoms with van der Waals surface area (Å²) in [4.78, 5) is 12.6. The average Bonchev–Trinajstić information content (AvgIpc) is 2.95. The number of rotatable bonds is 23. The molecule has 0 bridgehead atoms. The normalized spacial score (nSPS) is 25.0. The van der Waals surface area contributed by atoms with Crippen LogP contribution in [0.25, 0.3) is 0 Å². The number of hydrogen-bond donors (Lipinski definition) is 6. The summed E-state index contributed by atoms with van der Waals surface area (Å²) in [5.41, 5.74) is 0. The highest BCUT2D eigenvalue weighted by atomic mass is 16.7. The monoisotopic (exact) mass is 571 g/mol. The molecule has 1 saturated heterocycles. The van der Waals surface area contributed by atoms with Gasteiger partial charge in [-0.2, -0.15) is 0 Å². The van der Waals surface area contributed by atoms with Crippen molar-refractivity contribution in [2.24, 2.45) is 0 Å². The van der Waals surface area contributed by atoms with Gasteiger partial charge in [-0.1, -0.05) is 89.5 Å². The Balaban J connectivity index is 2.38. The van der Waals surface area contributed by atoms with Crippen molar-refractivity contribution in [3.63, 3.8) is 0 Å². The van der Waals surface area contributed by atoms with Crippen LogP contribution in [0.3, 0.4) is 0 Å². The molecule has 1 amide bonds. The number of unbranched alkanes of at least 4 members (excludes halogenated alkanes) is 11. The molecular weight excluding hydrogens is 514 g/mol. The fourth-order valence-electron chi connectivity index (χ4n) is 4.62. The predicted molar refractivity (Wildman–Crippen MR) is 157 cm³/mol. The third kappa shape index (κ3) is 15.6. The summed E-state index contributed by atoms with van der Waals surface area (Å²) >= 11 is 0. The summed E-state index contributed by atoms with van der Waals surface area (Å²) in [5.74, 6) is -0.202. The number of amides is 1. The van der Waals surface area contributed by atoms with E-state index in [-0.39, 0.29) is 12.5 Å². The van der Waals surface area contributed by atoms with E-state index in [1.807, 2.05) is 13.0 Å². The molecule has 7 atom stereocenters. The second-order valence-corrected chi connectivity index (χ2v) is 10.9. The van der Waals surface area contributed by atoms with Gasteiger partial charge in [0, 0.05) is 6.42 Å².